The molecule has 1 amide bonds. The van der Waals surface area contributed by atoms with E-state index in [4.69, 9.17) is 4.74 Å². The zero-order chi connectivity index (χ0) is 16.2. The van der Waals surface area contributed by atoms with E-state index in [1.54, 1.807) is 0 Å². The fourth-order valence-electron chi connectivity index (χ4n) is 2.84. The lowest BCUT2D eigenvalue weighted by molar-refractivity contribution is -0.127. The first kappa shape index (κ1) is 17.7. The maximum atomic E-state index is 12.2. The lowest BCUT2D eigenvalue weighted by atomic mass is 9.97. The molecule has 2 aliphatic rings. The van der Waals surface area contributed by atoms with E-state index < -0.39 is 6.10 Å². The number of hydrogen-bond donors (Lipinski definition) is 2. The molecule has 5 nitrogen and oxygen atoms in total. The summed E-state index contributed by atoms with van der Waals surface area (Å²) in [7, 11) is 0. The number of rotatable bonds is 7. The molecule has 2 atom stereocenters. The Morgan fingerprint density at radius 3 is 2.73 bits per heavy atom. The Balaban J connectivity index is 1.68. The van der Waals surface area contributed by atoms with Crippen molar-refractivity contribution in [2.45, 2.75) is 58.2 Å². The van der Waals surface area contributed by atoms with Gasteiger partial charge in [0, 0.05) is 19.6 Å². The molecule has 0 radical (unpaired) electrons. The quantitative estimate of drug-likeness (QED) is 0.746. The third-order valence-corrected chi connectivity index (χ3v) is 4.32. The summed E-state index contributed by atoms with van der Waals surface area (Å²) in [4.78, 5) is 14.4. The molecule has 2 unspecified atom stereocenters. The van der Waals surface area contributed by atoms with Gasteiger partial charge in [0.25, 0.3) is 0 Å². The van der Waals surface area contributed by atoms with Gasteiger partial charge < -0.3 is 15.2 Å². The molecule has 5 heteroatoms. The summed E-state index contributed by atoms with van der Waals surface area (Å²) in [6.07, 6.45) is 4.01. The van der Waals surface area contributed by atoms with Crippen LogP contribution in [0, 0.1) is 11.8 Å². The Morgan fingerprint density at radius 1 is 1.36 bits per heavy atom. The molecule has 128 valence electrons. The van der Waals surface area contributed by atoms with E-state index in [0.29, 0.717) is 13.2 Å². The third-order valence-electron chi connectivity index (χ3n) is 4.32. The zero-order valence-corrected chi connectivity index (χ0v) is 14.3. The van der Waals surface area contributed by atoms with Crippen LogP contribution in [0.1, 0.15) is 46.5 Å². The SMILES string of the molecule is CC(C)(C)OCC(O)CN1CCCC(C(=O)NCC2CC2)C1. The van der Waals surface area contributed by atoms with Crippen molar-refractivity contribution >= 4 is 5.91 Å². The zero-order valence-electron chi connectivity index (χ0n) is 14.3. The number of likely N-dealkylation sites (tertiary alicyclic amines) is 1. The second-order valence-corrected chi connectivity index (χ2v) is 7.86. The third kappa shape index (κ3) is 6.63. The number of ether oxygens (including phenoxy) is 1. The van der Waals surface area contributed by atoms with E-state index >= 15 is 0 Å². The Hall–Kier alpha value is -0.650. The van der Waals surface area contributed by atoms with Crippen molar-refractivity contribution in [2.75, 3.05) is 32.8 Å². The molecule has 0 bridgehead atoms. The molecule has 1 heterocycles. The summed E-state index contributed by atoms with van der Waals surface area (Å²) < 4.78 is 5.62. The molecule has 0 aromatic heterocycles. The maximum absolute atomic E-state index is 12.2. The van der Waals surface area contributed by atoms with E-state index in [-0.39, 0.29) is 17.4 Å². The number of carbonyl (C=O) groups is 1. The van der Waals surface area contributed by atoms with Crippen LogP contribution in [0.4, 0.5) is 0 Å². The van der Waals surface area contributed by atoms with E-state index in [2.05, 4.69) is 10.2 Å². The molecular weight excluding hydrogens is 280 g/mol. The van der Waals surface area contributed by atoms with Crippen molar-refractivity contribution < 1.29 is 14.6 Å². The van der Waals surface area contributed by atoms with E-state index in [1.807, 2.05) is 20.8 Å². The first-order valence-electron chi connectivity index (χ1n) is 8.65. The Bertz CT molecular complexity index is 363. The summed E-state index contributed by atoms with van der Waals surface area (Å²) in [5, 5.41) is 13.2. The van der Waals surface area contributed by atoms with Crippen molar-refractivity contribution in [1.82, 2.24) is 10.2 Å². The Labute approximate surface area is 134 Å². The van der Waals surface area contributed by atoms with Gasteiger partial charge in [-0.3, -0.25) is 9.69 Å². The second-order valence-electron chi connectivity index (χ2n) is 7.86. The number of β-amino-alcohol motifs (C(OH)–C–C–N with tert-alkyl or cyclic N) is 1. The number of hydrogen-bond acceptors (Lipinski definition) is 4. The minimum Gasteiger partial charge on any atom is -0.389 e. The van der Waals surface area contributed by atoms with Crippen LogP contribution in [0.3, 0.4) is 0 Å². The monoisotopic (exact) mass is 312 g/mol. The molecule has 2 rings (SSSR count). The van der Waals surface area contributed by atoms with E-state index in [1.165, 1.54) is 12.8 Å². The highest BCUT2D eigenvalue weighted by Crippen LogP contribution is 2.28. The predicted molar refractivity (Wildman–Crippen MR) is 86.6 cm³/mol. The maximum Gasteiger partial charge on any atom is 0.224 e. The van der Waals surface area contributed by atoms with Gasteiger partial charge in [-0.25, -0.2) is 0 Å². The molecule has 2 fully saturated rings. The predicted octanol–water partition coefficient (Wildman–Crippen LogP) is 1.40. The lowest BCUT2D eigenvalue weighted by Crippen LogP contribution is -2.46. The van der Waals surface area contributed by atoms with Gasteiger partial charge in [0.1, 0.15) is 0 Å². The van der Waals surface area contributed by atoms with Crippen LogP contribution >= 0.6 is 0 Å². The molecule has 0 aromatic carbocycles. The highest BCUT2D eigenvalue weighted by molar-refractivity contribution is 5.79. The number of carbonyl (C=O) groups excluding carboxylic acids is 1. The Kier molecular flexibility index (Phi) is 6.24. The highest BCUT2D eigenvalue weighted by Gasteiger charge is 2.28. The smallest absolute Gasteiger partial charge is 0.224 e. The van der Waals surface area contributed by atoms with Crippen LogP contribution in [-0.2, 0) is 9.53 Å². The minimum atomic E-state index is -0.493. The summed E-state index contributed by atoms with van der Waals surface area (Å²) in [6, 6.07) is 0. The molecule has 1 saturated heterocycles. The van der Waals surface area contributed by atoms with Gasteiger partial charge in [-0.05, 0) is 58.9 Å². The van der Waals surface area contributed by atoms with Crippen molar-refractivity contribution in [1.29, 1.82) is 0 Å². The number of aliphatic hydroxyl groups is 1. The molecule has 0 spiro atoms. The van der Waals surface area contributed by atoms with E-state index in [0.717, 1.165) is 38.4 Å². The highest BCUT2D eigenvalue weighted by atomic mass is 16.5. The average Bonchev–Trinajstić information content (AvgIpc) is 3.26. The van der Waals surface area contributed by atoms with Gasteiger partial charge in [0.2, 0.25) is 5.91 Å². The number of piperidine rings is 1. The van der Waals surface area contributed by atoms with Crippen molar-refractivity contribution in [3.05, 3.63) is 0 Å². The molecular formula is C17H32N2O3. The van der Waals surface area contributed by atoms with E-state index in [9.17, 15) is 9.90 Å². The number of amides is 1. The van der Waals surface area contributed by atoms with Gasteiger partial charge in [-0.2, -0.15) is 0 Å². The molecule has 1 saturated carbocycles. The molecule has 1 aliphatic heterocycles. The Morgan fingerprint density at radius 2 is 2.09 bits per heavy atom. The van der Waals surface area contributed by atoms with Crippen LogP contribution in [0.5, 0.6) is 0 Å². The van der Waals surface area contributed by atoms with Gasteiger partial charge in [0.05, 0.1) is 24.2 Å². The topological polar surface area (TPSA) is 61.8 Å². The average molecular weight is 312 g/mol. The standard InChI is InChI=1S/C17H32N2O3/c1-17(2,3)22-12-15(20)11-19-8-4-5-14(10-19)16(21)18-9-13-6-7-13/h13-15,20H,4-12H2,1-3H3,(H,18,21). The van der Waals surface area contributed by atoms with Crippen molar-refractivity contribution in [3.8, 4) is 0 Å². The van der Waals surface area contributed by atoms with Gasteiger partial charge in [-0.15, -0.1) is 0 Å². The van der Waals surface area contributed by atoms with Gasteiger partial charge in [0.15, 0.2) is 0 Å². The molecule has 1 aliphatic carbocycles. The summed E-state index contributed by atoms with van der Waals surface area (Å²) in [6.45, 7) is 9.45. The fourth-order valence-corrected chi connectivity index (χ4v) is 2.84. The number of aliphatic hydroxyl groups excluding tert-OH is 1. The second kappa shape index (κ2) is 7.75. The van der Waals surface area contributed by atoms with Crippen LogP contribution in [-0.4, -0.2) is 60.4 Å². The summed E-state index contributed by atoms with van der Waals surface area (Å²) in [5.41, 5.74) is -0.228. The van der Waals surface area contributed by atoms with Gasteiger partial charge >= 0.3 is 0 Å². The number of nitrogens with one attached hydrogen (secondary N) is 1. The van der Waals surface area contributed by atoms with Crippen LogP contribution in [0.25, 0.3) is 0 Å². The largest absolute Gasteiger partial charge is 0.389 e. The first-order chi connectivity index (χ1) is 10.3. The van der Waals surface area contributed by atoms with Crippen LogP contribution in [0.15, 0.2) is 0 Å². The number of nitrogens with zero attached hydrogens (tertiary/aromatic N) is 1. The first-order valence-corrected chi connectivity index (χ1v) is 8.65. The van der Waals surface area contributed by atoms with Crippen molar-refractivity contribution in [3.63, 3.8) is 0 Å². The lowest BCUT2D eigenvalue weighted by Gasteiger charge is -2.33. The molecule has 22 heavy (non-hydrogen) atoms. The van der Waals surface area contributed by atoms with Gasteiger partial charge in [-0.1, -0.05) is 0 Å². The van der Waals surface area contributed by atoms with Crippen molar-refractivity contribution in [2.24, 2.45) is 11.8 Å². The van der Waals surface area contributed by atoms with Crippen LogP contribution < -0.4 is 5.32 Å². The van der Waals surface area contributed by atoms with Crippen LogP contribution in [0.2, 0.25) is 0 Å². The molecule has 2 N–H and O–H groups in total. The summed E-state index contributed by atoms with van der Waals surface area (Å²) in [5.74, 6) is 0.986. The normalized spacial score (nSPS) is 25.0. The molecule has 0 aromatic rings. The summed E-state index contributed by atoms with van der Waals surface area (Å²) >= 11 is 0. The fraction of sp³-hybridized carbons (Fsp3) is 0.941. The minimum absolute atomic E-state index is 0.0724.